The maximum atomic E-state index is 13.3. The molecule has 3 N–H and O–H groups in total. The summed E-state index contributed by atoms with van der Waals surface area (Å²) >= 11 is 0. The fourth-order valence-corrected chi connectivity index (χ4v) is 1.84. The Kier molecular flexibility index (Phi) is 4.95. The number of anilines is 2. The molecule has 18 heavy (non-hydrogen) atoms. The second kappa shape index (κ2) is 6.23. The molecule has 1 aromatic carbocycles. The summed E-state index contributed by atoms with van der Waals surface area (Å²) in [5, 5.41) is 9.12. The third kappa shape index (κ3) is 3.12. The zero-order valence-corrected chi connectivity index (χ0v) is 10.7. The monoisotopic (exact) mass is 254 g/mol. The summed E-state index contributed by atoms with van der Waals surface area (Å²) in [6, 6.07) is 2.66. The summed E-state index contributed by atoms with van der Waals surface area (Å²) in [6.45, 7) is 2.82. The number of carboxylic acid groups (broad SMARTS) is 1. The third-order valence-electron chi connectivity index (χ3n) is 2.89. The number of hydrogen-bond donors (Lipinski definition) is 2. The van der Waals surface area contributed by atoms with Crippen LogP contribution in [0.2, 0.25) is 0 Å². The average Bonchev–Trinajstić information content (AvgIpc) is 2.32. The summed E-state index contributed by atoms with van der Waals surface area (Å²) < 4.78 is 13.3. The minimum atomic E-state index is -1.20. The second-order valence-corrected chi connectivity index (χ2v) is 4.29. The van der Waals surface area contributed by atoms with Crippen LogP contribution in [0.4, 0.5) is 15.8 Å². The van der Waals surface area contributed by atoms with Crippen molar-refractivity contribution >= 4 is 17.3 Å². The van der Waals surface area contributed by atoms with E-state index in [0.29, 0.717) is 5.69 Å². The van der Waals surface area contributed by atoms with Crippen LogP contribution in [0.25, 0.3) is 0 Å². The maximum absolute atomic E-state index is 13.3. The first kappa shape index (κ1) is 14.3. The van der Waals surface area contributed by atoms with Crippen LogP contribution in [0, 0.1) is 5.82 Å². The molecular formula is C13H19FN2O2. The lowest BCUT2D eigenvalue weighted by molar-refractivity contribution is 0.0698. The minimum absolute atomic E-state index is 0.158. The first-order chi connectivity index (χ1) is 8.49. The molecule has 0 heterocycles. The lowest BCUT2D eigenvalue weighted by atomic mass is 10.1. The summed E-state index contributed by atoms with van der Waals surface area (Å²) in [6.07, 6.45) is 3.12. The first-order valence-corrected chi connectivity index (χ1v) is 6.01. The molecule has 1 rings (SSSR count). The number of benzene rings is 1. The van der Waals surface area contributed by atoms with Gasteiger partial charge in [-0.05, 0) is 18.6 Å². The van der Waals surface area contributed by atoms with Crippen molar-refractivity contribution in [3.05, 3.63) is 23.5 Å². The number of nitrogens with zero attached hydrogens (tertiary/aromatic N) is 1. The highest BCUT2D eigenvalue weighted by Gasteiger charge is 2.19. The van der Waals surface area contributed by atoms with Gasteiger partial charge in [0.25, 0.3) is 0 Å². The minimum Gasteiger partial charge on any atom is -0.478 e. The molecule has 0 fully saturated rings. The van der Waals surface area contributed by atoms with Gasteiger partial charge in [0.2, 0.25) is 0 Å². The molecule has 0 unspecified atom stereocenters. The number of carboxylic acids is 1. The summed E-state index contributed by atoms with van der Waals surface area (Å²) in [7, 11) is 1.79. The van der Waals surface area contributed by atoms with Gasteiger partial charge in [-0.2, -0.15) is 0 Å². The molecule has 0 aromatic heterocycles. The average molecular weight is 254 g/mol. The van der Waals surface area contributed by atoms with E-state index in [2.05, 4.69) is 6.92 Å². The van der Waals surface area contributed by atoms with Gasteiger partial charge in [0.1, 0.15) is 11.4 Å². The highest BCUT2D eigenvalue weighted by molar-refractivity contribution is 6.00. The fourth-order valence-electron chi connectivity index (χ4n) is 1.84. The molecule has 0 saturated heterocycles. The zero-order valence-electron chi connectivity index (χ0n) is 10.7. The van der Waals surface area contributed by atoms with E-state index in [1.807, 2.05) is 0 Å². The predicted octanol–water partition coefficient (Wildman–Crippen LogP) is 2.73. The van der Waals surface area contributed by atoms with E-state index in [1.165, 1.54) is 12.1 Å². The molecule has 5 heteroatoms. The molecule has 0 radical (unpaired) electrons. The largest absolute Gasteiger partial charge is 0.478 e. The van der Waals surface area contributed by atoms with Crippen LogP contribution < -0.4 is 10.6 Å². The lowest BCUT2D eigenvalue weighted by Crippen LogP contribution is -2.22. The Balaban J connectivity index is 3.01. The van der Waals surface area contributed by atoms with Crippen molar-refractivity contribution in [1.29, 1.82) is 0 Å². The number of nitrogens with two attached hydrogens (primary N) is 1. The number of nitrogen functional groups attached to an aromatic ring is 1. The molecule has 100 valence electrons. The highest BCUT2D eigenvalue weighted by Crippen LogP contribution is 2.27. The van der Waals surface area contributed by atoms with E-state index in [-0.39, 0.29) is 11.3 Å². The zero-order chi connectivity index (χ0) is 13.7. The van der Waals surface area contributed by atoms with Crippen LogP contribution in [0.15, 0.2) is 12.1 Å². The van der Waals surface area contributed by atoms with E-state index in [9.17, 15) is 9.18 Å². The standard InChI is InChI=1S/C13H19FN2O2/c1-3-4-5-8-16(2)10-7-6-9(14)12(15)11(10)13(17)18/h6-7H,3-5,8,15H2,1-2H3,(H,17,18). The van der Waals surface area contributed by atoms with Gasteiger partial charge in [0, 0.05) is 13.6 Å². The van der Waals surface area contributed by atoms with Crippen LogP contribution in [-0.2, 0) is 0 Å². The number of unbranched alkanes of at least 4 members (excludes halogenated alkanes) is 2. The van der Waals surface area contributed by atoms with Crippen molar-refractivity contribution in [3.8, 4) is 0 Å². The molecule has 1 aromatic rings. The van der Waals surface area contributed by atoms with Crippen molar-refractivity contribution < 1.29 is 14.3 Å². The van der Waals surface area contributed by atoms with Gasteiger partial charge in [-0.1, -0.05) is 19.8 Å². The maximum Gasteiger partial charge on any atom is 0.340 e. The van der Waals surface area contributed by atoms with Crippen LogP contribution in [0.1, 0.15) is 36.5 Å². The molecule has 0 aliphatic rings. The molecule has 0 bridgehead atoms. The Morgan fingerprint density at radius 3 is 2.67 bits per heavy atom. The molecule has 0 atom stereocenters. The summed E-state index contributed by atoms with van der Waals surface area (Å²) in [5.41, 5.74) is 5.49. The Labute approximate surface area is 106 Å². The van der Waals surface area contributed by atoms with Crippen LogP contribution in [0.3, 0.4) is 0 Å². The molecular weight excluding hydrogens is 235 g/mol. The number of hydrogen-bond acceptors (Lipinski definition) is 3. The van der Waals surface area contributed by atoms with Crippen molar-refractivity contribution in [1.82, 2.24) is 0 Å². The molecule has 0 spiro atoms. The number of aromatic carboxylic acids is 1. The third-order valence-corrected chi connectivity index (χ3v) is 2.89. The second-order valence-electron chi connectivity index (χ2n) is 4.29. The normalized spacial score (nSPS) is 10.4. The molecule has 0 amide bonds. The van der Waals surface area contributed by atoms with Crippen molar-refractivity contribution in [2.75, 3.05) is 24.2 Å². The highest BCUT2D eigenvalue weighted by atomic mass is 19.1. The quantitative estimate of drug-likeness (QED) is 0.605. The number of halogens is 1. The van der Waals surface area contributed by atoms with Gasteiger partial charge in [-0.3, -0.25) is 0 Å². The van der Waals surface area contributed by atoms with Gasteiger partial charge in [0.15, 0.2) is 0 Å². The van der Waals surface area contributed by atoms with Gasteiger partial charge < -0.3 is 15.7 Å². The summed E-state index contributed by atoms with van der Waals surface area (Å²) in [5.74, 6) is -1.90. The van der Waals surface area contributed by atoms with E-state index < -0.39 is 11.8 Å². The topological polar surface area (TPSA) is 66.6 Å². The van der Waals surface area contributed by atoms with Gasteiger partial charge in [-0.25, -0.2) is 9.18 Å². The van der Waals surface area contributed by atoms with E-state index in [1.54, 1.807) is 11.9 Å². The number of carbonyl (C=O) groups is 1. The Hall–Kier alpha value is -1.78. The molecule has 4 nitrogen and oxygen atoms in total. The van der Waals surface area contributed by atoms with Gasteiger partial charge in [-0.15, -0.1) is 0 Å². The van der Waals surface area contributed by atoms with Crippen LogP contribution in [0.5, 0.6) is 0 Å². The fraction of sp³-hybridized carbons (Fsp3) is 0.462. The van der Waals surface area contributed by atoms with E-state index in [4.69, 9.17) is 10.8 Å². The van der Waals surface area contributed by atoms with Crippen molar-refractivity contribution in [3.63, 3.8) is 0 Å². The smallest absolute Gasteiger partial charge is 0.340 e. The predicted molar refractivity (Wildman–Crippen MR) is 70.6 cm³/mol. The molecule has 0 aliphatic heterocycles. The van der Waals surface area contributed by atoms with E-state index >= 15 is 0 Å². The summed E-state index contributed by atoms with van der Waals surface area (Å²) in [4.78, 5) is 13.0. The van der Waals surface area contributed by atoms with Gasteiger partial charge in [0.05, 0.1) is 11.4 Å². The lowest BCUT2D eigenvalue weighted by Gasteiger charge is -2.22. The molecule has 0 aliphatic carbocycles. The van der Waals surface area contributed by atoms with E-state index in [0.717, 1.165) is 25.8 Å². The van der Waals surface area contributed by atoms with Crippen LogP contribution in [-0.4, -0.2) is 24.7 Å². The molecule has 0 saturated carbocycles. The Morgan fingerprint density at radius 2 is 2.11 bits per heavy atom. The Morgan fingerprint density at radius 1 is 1.44 bits per heavy atom. The van der Waals surface area contributed by atoms with Gasteiger partial charge >= 0.3 is 5.97 Å². The van der Waals surface area contributed by atoms with Crippen molar-refractivity contribution in [2.45, 2.75) is 26.2 Å². The number of rotatable bonds is 6. The Bertz CT molecular complexity index is 435. The first-order valence-electron chi connectivity index (χ1n) is 6.01. The SMILES string of the molecule is CCCCCN(C)c1ccc(F)c(N)c1C(=O)O. The van der Waals surface area contributed by atoms with Crippen molar-refractivity contribution in [2.24, 2.45) is 0 Å². The van der Waals surface area contributed by atoms with Crippen LogP contribution >= 0.6 is 0 Å².